The summed E-state index contributed by atoms with van der Waals surface area (Å²) in [5.41, 5.74) is 0.987. The predicted octanol–water partition coefficient (Wildman–Crippen LogP) is 3.52. The van der Waals surface area contributed by atoms with E-state index in [0.717, 1.165) is 5.56 Å². The first-order valence-electron chi connectivity index (χ1n) is 9.97. The van der Waals surface area contributed by atoms with Crippen LogP contribution in [0.4, 0.5) is 13.2 Å². The molecule has 1 saturated heterocycles. The Labute approximate surface area is 183 Å². The molecule has 0 bridgehead atoms. The highest BCUT2D eigenvalue weighted by molar-refractivity contribution is 5.92. The number of alkyl halides is 3. The summed E-state index contributed by atoms with van der Waals surface area (Å²) in [5, 5.41) is 0. The molecule has 0 spiro atoms. The lowest BCUT2D eigenvalue weighted by Crippen LogP contribution is -2.50. The Morgan fingerprint density at radius 2 is 1.69 bits per heavy atom. The number of amides is 2. The molecule has 1 heterocycles. The maximum absolute atomic E-state index is 12.6. The largest absolute Gasteiger partial charge is 0.573 e. The number of rotatable bonds is 6. The quantitative estimate of drug-likeness (QED) is 0.635. The van der Waals surface area contributed by atoms with Crippen LogP contribution in [0, 0.1) is 0 Å². The number of hydrogen-bond acceptors (Lipinski definition) is 4. The molecule has 1 fully saturated rings. The summed E-state index contributed by atoms with van der Waals surface area (Å²) in [5.74, 6) is -0.0810. The monoisotopic (exact) mass is 448 g/mol. The standard InChI is InChI=1S/C23H23F3N2O4/c1-31-19-7-4-5-17(15-19)16-22(30)28-13-11-27(12-14-28)21(29)10-9-18-6-2-3-8-20(18)32-23(24,25)26/h2-10,15H,11-14,16H2,1H3/b10-9+. The lowest BCUT2D eigenvalue weighted by atomic mass is 10.1. The number of hydrogen-bond donors (Lipinski definition) is 0. The highest BCUT2D eigenvalue weighted by atomic mass is 19.4. The molecule has 1 aliphatic heterocycles. The molecule has 1 aliphatic rings. The number of methoxy groups -OCH3 is 1. The van der Waals surface area contributed by atoms with Gasteiger partial charge in [0.05, 0.1) is 13.5 Å². The van der Waals surface area contributed by atoms with Crippen LogP contribution >= 0.6 is 0 Å². The molecule has 6 nitrogen and oxygen atoms in total. The van der Waals surface area contributed by atoms with Gasteiger partial charge in [0.25, 0.3) is 0 Å². The molecule has 0 aliphatic carbocycles. The lowest BCUT2D eigenvalue weighted by Gasteiger charge is -2.34. The predicted molar refractivity (Wildman–Crippen MR) is 112 cm³/mol. The SMILES string of the molecule is COc1cccc(CC(=O)N2CCN(C(=O)/C=C/c3ccccc3OC(F)(F)F)CC2)c1. The number of benzene rings is 2. The summed E-state index contributed by atoms with van der Waals surface area (Å²) in [6.07, 6.45) is -2.07. The molecule has 0 saturated carbocycles. The van der Waals surface area contributed by atoms with E-state index in [1.54, 1.807) is 29.0 Å². The number of halogens is 3. The van der Waals surface area contributed by atoms with Crippen LogP contribution in [-0.2, 0) is 16.0 Å². The number of nitrogens with zero attached hydrogens (tertiary/aromatic N) is 2. The average Bonchev–Trinajstić information content (AvgIpc) is 2.77. The van der Waals surface area contributed by atoms with Crippen molar-refractivity contribution in [3.8, 4) is 11.5 Å². The molecular formula is C23H23F3N2O4. The van der Waals surface area contributed by atoms with Crippen molar-refractivity contribution in [2.75, 3.05) is 33.3 Å². The zero-order chi connectivity index (χ0) is 23.1. The maximum Gasteiger partial charge on any atom is 0.573 e. The summed E-state index contributed by atoms with van der Waals surface area (Å²) in [4.78, 5) is 28.3. The van der Waals surface area contributed by atoms with Gasteiger partial charge in [-0.25, -0.2) is 0 Å². The van der Waals surface area contributed by atoms with Crippen molar-refractivity contribution >= 4 is 17.9 Å². The molecule has 0 N–H and O–H groups in total. The van der Waals surface area contributed by atoms with E-state index in [1.165, 1.54) is 30.4 Å². The third-order valence-corrected chi connectivity index (χ3v) is 4.98. The van der Waals surface area contributed by atoms with Gasteiger partial charge in [0.2, 0.25) is 11.8 Å². The van der Waals surface area contributed by atoms with E-state index in [-0.39, 0.29) is 29.5 Å². The summed E-state index contributed by atoms with van der Waals surface area (Å²) in [7, 11) is 1.56. The van der Waals surface area contributed by atoms with E-state index in [4.69, 9.17) is 4.74 Å². The van der Waals surface area contributed by atoms with Crippen LogP contribution in [0.15, 0.2) is 54.6 Å². The van der Waals surface area contributed by atoms with Crippen molar-refractivity contribution in [3.05, 3.63) is 65.7 Å². The summed E-state index contributed by atoms with van der Waals surface area (Å²) >= 11 is 0. The zero-order valence-electron chi connectivity index (χ0n) is 17.5. The fourth-order valence-electron chi connectivity index (χ4n) is 3.35. The third-order valence-electron chi connectivity index (χ3n) is 4.98. The Morgan fingerprint density at radius 1 is 1.00 bits per heavy atom. The van der Waals surface area contributed by atoms with Crippen LogP contribution in [0.25, 0.3) is 6.08 Å². The van der Waals surface area contributed by atoms with E-state index >= 15 is 0 Å². The van der Waals surface area contributed by atoms with E-state index in [1.807, 2.05) is 18.2 Å². The molecular weight excluding hydrogens is 425 g/mol. The summed E-state index contributed by atoms with van der Waals surface area (Å²) in [6.45, 7) is 1.45. The van der Waals surface area contributed by atoms with Crippen LogP contribution in [0.1, 0.15) is 11.1 Å². The second kappa shape index (κ2) is 10.2. The normalized spacial score (nSPS) is 14.5. The van der Waals surface area contributed by atoms with Crippen LogP contribution in [-0.4, -0.2) is 61.3 Å². The second-order valence-corrected chi connectivity index (χ2v) is 7.15. The smallest absolute Gasteiger partial charge is 0.497 e. The van der Waals surface area contributed by atoms with Gasteiger partial charge in [-0.3, -0.25) is 9.59 Å². The number of ether oxygens (including phenoxy) is 2. The first-order chi connectivity index (χ1) is 15.2. The van der Waals surface area contributed by atoms with E-state index < -0.39 is 6.36 Å². The van der Waals surface area contributed by atoms with Crippen LogP contribution in [0.5, 0.6) is 11.5 Å². The fourth-order valence-corrected chi connectivity index (χ4v) is 3.35. The minimum Gasteiger partial charge on any atom is -0.497 e. The molecule has 2 aromatic rings. The highest BCUT2D eigenvalue weighted by Crippen LogP contribution is 2.27. The molecule has 2 amide bonds. The first-order valence-corrected chi connectivity index (χ1v) is 9.97. The molecule has 2 aromatic carbocycles. The Morgan fingerprint density at radius 3 is 2.38 bits per heavy atom. The molecule has 0 unspecified atom stereocenters. The highest BCUT2D eigenvalue weighted by Gasteiger charge is 2.31. The number of para-hydroxylation sites is 1. The van der Waals surface area contributed by atoms with Gasteiger partial charge in [0.15, 0.2) is 0 Å². The maximum atomic E-state index is 12.6. The van der Waals surface area contributed by atoms with Gasteiger partial charge < -0.3 is 19.3 Å². The van der Waals surface area contributed by atoms with Crippen molar-refractivity contribution < 1.29 is 32.2 Å². The van der Waals surface area contributed by atoms with Crippen LogP contribution in [0.3, 0.4) is 0 Å². The molecule has 170 valence electrons. The Hall–Kier alpha value is -3.49. The number of carbonyl (C=O) groups is 2. The van der Waals surface area contributed by atoms with Gasteiger partial charge in [-0.1, -0.05) is 30.3 Å². The summed E-state index contributed by atoms with van der Waals surface area (Å²) in [6, 6.07) is 12.9. The van der Waals surface area contributed by atoms with Crippen molar-refractivity contribution in [3.63, 3.8) is 0 Å². The molecule has 3 rings (SSSR count). The lowest BCUT2D eigenvalue weighted by molar-refractivity contribution is -0.274. The van der Waals surface area contributed by atoms with Crippen molar-refractivity contribution in [2.45, 2.75) is 12.8 Å². The third kappa shape index (κ3) is 6.50. The van der Waals surface area contributed by atoms with Gasteiger partial charge in [-0.15, -0.1) is 13.2 Å². The van der Waals surface area contributed by atoms with Gasteiger partial charge >= 0.3 is 6.36 Å². The van der Waals surface area contributed by atoms with E-state index in [9.17, 15) is 22.8 Å². The summed E-state index contributed by atoms with van der Waals surface area (Å²) < 4.78 is 46.7. The number of carbonyl (C=O) groups excluding carboxylic acids is 2. The minimum atomic E-state index is -4.82. The van der Waals surface area contributed by atoms with Crippen LogP contribution in [0.2, 0.25) is 0 Å². The van der Waals surface area contributed by atoms with Gasteiger partial charge in [0.1, 0.15) is 11.5 Å². The van der Waals surface area contributed by atoms with Crippen molar-refractivity contribution in [2.24, 2.45) is 0 Å². The average molecular weight is 448 g/mol. The molecule has 9 heteroatoms. The van der Waals surface area contributed by atoms with Crippen molar-refractivity contribution in [1.29, 1.82) is 0 Å². The minimum absolute atomic E-state index is 0.0425. The molecule has 0 radical (unpaired) electrons. The van der Waals surface area contributed by atoms with Gasteiger partial charge in [0, 0.05) is 37.8 Å². The first kappa shape index (κ1) is 23.2. The molecule has 0 aromatic heterocycles. The van der Waals surface area contributed by atoms with Crippen molar-refractivity contribution in [1.82, 2.24) is 9.80 Å². The molecule has 32 heavy (non-hydrogen) atoms. The topological polar surface area (TPSA) is 59.1 Å². The Bertz CT molecular complexity index is 983. The number of piperazine rings is 1. The van der Waals surface area contributed by atoms with Crippen LogP contribution < -0.4 is 9.47 Å². The zero-order valence-corrected chi connectivity index (χ0v) is 17.5. The molecule has 0 atom stereocenters. The van der Waals surface area contributed by atoms with E-state index in [0.29, 0.717) is 31.9 Å². The Balaban J connectivity index is 1.54. The van der Waals surface area contributed by atoms with Gasteiger partial charge in [-0.2, -0.15) is 0 Å². The van der Waals surface area contributed by atoms with Gasteiger partial charge in [-0.05, 0) is 29.8 Å². The fraction of sp³-hybridized carbons (Fsp3) is 0.304. The Kier molecular flexibility index (Phi) is 7.40. The van der Waals surface area contributed by atoms with E-state index in [2.05, 4.69) is 4.74 Å². The second-order valence-electron chi connectivity index (χ2n) is 7.15.